The van der Waals surface area contributed by atoms with E-state index in [9.17, 15) is 4.79 Å². The molecule has 1 aliphatic rings. The van der Waals surface area contributed by atoms with Gasteiger partial charge in [-0.05, 0) is 50.4 Å². The fraction of sp³-hybridized carbons (Fsp3) is 0.562. The van der Waals surface area contributed by atoms with Gasteiger partial charge < -0.3 is 11.1 Å². The quantitative estimate of drug-likeness (QED) is 0.887. The fourth-order valence-corrected chi connectivity index (χ4v) is 2.86. The second-order valence-corrected chi connectivity index (χ2v) is 5.86. The first-order valence-electron chi connectivity index (χ1n) is 7.37. The normalized spacial score (nSPS) is 22.8. The number of nitrogens with one attached hydrogen (secondary N) is 1. The van der Waals surface area contributed by atoms with E-state index < -0.39 is 0 Å². The van der Waals surface area contributed by atoms with Crippen molar-refractivity contribution < 1.29 is 4.79 Å². The topological polar surface area (TPSA) is 58.4 Å². The predicted octanol–water partition coefficient (Wildman–Crippen LogP) is 2.35. The van der Waals surface area contributed by atoms with Crippen molar-refractivity contribution in [2.24, 2.45) is 5.73 Å². The summed E-state index contributed by atoms with van der Waals surface area (Å²) in [6.07, 6.45) is 4.66. The fourth-order valence-electron chi connectivity index (χ4n) is 2.86. The van der Waals surface area contributed by atoms with E-state index in [2.05, 4.69) is 29.4 Å². The van der Waals surface area contributed by atoms with Gasteiger partial charge in [0.25, 0.3) is 0 Å². The molecule has 110 valence electrons. The first kappa shape index (κ1) is 15.0. The molecule has 0 spiro atoms. The molecule has 0 radical (unpaired) electrons. The summed E-state index contributed by atoms with van der Waals surface area (Å²) in [7, 11) is 2.18. The lowest BCUT2D eigenvalue weighted by atomic mass is 9.91. The van der Waals surface area contributed by atoms with Crippen molar-refractivity contribution >= 4 is 11.6 Å². The number of hydrogen-bond donors (Lipinski definition) is 2. The van der Waals surface area contributed by atoms with E-state index in [1.165, 1.54) is 25.3 Å². The zero-order valence-corrected chi connectivity index (χ0v) is 12.4. The summed E-state index contributed by atoms with van der Waals surface area (Å²) >= 11 is 0. The molecule has 0 bridgehead atoms. The molecule has 2 rings (SSSR count). The molecule has 1 aliphatic carbocycles. The molecular formula is C16H25N3O. The van der Waals surface area contributed by atoms with Crippen LogP contribution in [0.1, 0.15) is 38.2 Å². The van der Waals surface area contributed by atoms with Crippen LogP contribution in [0.25, 0.3) is 0 Å². The Balaban J connectivity index is 1.87. The van der Waals surface area contributed by atoms with Crippen LogP contribution in [-0.4, -0.2) is 29.9 Å². The van der Waals surface area contributed by atoms with E-state index in [0.717, 1.165) is 25.1 Å². The van der Waals surface area contributed by atoms with Crippen LogP contribution >= 0.6 is 0 Å². The number of carbonyl (C=O) groups excluding carboxylic acids is 1. The van der Waals surface area contributed by atoms with E-state index in [4.69, 9.17) is 5.73 Å². The standard InChI is InChI=1S/C16H25N3O/c1-12(20)18-15-7-3-13(4-8-15)11-19(2)16-9-5-14(17)6-10-16/h3-4,7-8,14,16H,5-6,9-11,17H2,1-2H3,(H,18,20). The summed E-state index contributed by atoms with van der Waals surface area (Å²) in [5.41, 5.74) is 8.08. The maximum atomic E-state index is 11.0. The van der Waals surface area contributed by atoms with Gasteiger partial charge in [0.2, 0.25) is 5.91 Å². The molecule has 1 aromatic rings. The Kier molecular flexibility index (Phi) is 5.15. The maximum Gasteiger partial charge on any atom is 0.221 e. The lowest BCUT2D eigenvalue weighted by Crippen LogP contribution is -2.38. The number of anilines is 1. The Morgan fingerprint density at radius 1 is 1.25 bits per heavy atom. The molecule has 0 aromatic heterocycles. The number of carbonyl (C=O) groups is 1. The molecule has 20 heavy (non-hydrogen) atoms. The average molecular weight is 275 g/mol. The molecule has 1 amide bonds. The van der Waals surface area contributed by atoms with Gasteiger partial charge in [-0.2, -0.15) is 0 Å². The largest absolute Gasteiger partial charge is 0.328 e. The van der Waals surface area contributed by atoms with Crippen LogP contribution in [0.4, 0.5) is 5.69 Å². The van der Waals surface area contributed by atoms with Crippen LogP contribution in [0.15, 0.2) is 24.3 Å². The van der Waals surface area contributed by atoms with Crippen molar-refractivity contribution in [3.05, 3.63) is 29.8 Å². The van der Waals surface area contributed by atoms with Gasteiger partial charge in [-0.25, -0.2) is 0 Å². The van der Waals surface area contributed by atoms with Crippen molar-refractivity contribution in [3.8, 4) is 0 Å². The van der Waals surface area contributed by atoms with Crippen molar-refractivity contribution in [2.45, 2.75) is 51.2 Å². The van der Waals surface area contributed by atoms with Crippen LogP contribution in [-0.2, 0) is 11.3 Å². The van der Waals surface area contributed by atoms with Crippen molar-refractivity contribution in [3.63, 3.8) is 0 Å². The molecule has 3 N–H and O–H groups in total. The number of benzene rings is 1. The average Bonchev–Trinajstić information content (AvgIpc) is 2.41. The highest BCUT2D eigenvalue weighted by Crippen LogP contribution is 2.22. The van der Waals surface area contributed by atoms with Gasteiger partial charge in [0, 0.05) is 31.2 Å². The molecule has 0 atom stereocenters. The highest BCUT2D eigenvalue weighted by molar-refractivity contribution is 5.88. The molecule has 0 saturated heterocycles. The van der Waals surface area contributed by atoms with E-state index in [1.807, 2.05) is 12.1 Å². The highest BCUT2D eigenvalue weighted by Gasteiger charge is 2.21. The van der Waals surface area contributed by atoms with Crippen molar-refractivity contribution in [1.82, 2.24) is 4.90 Å². The van der Waals surface area contributed by atoms with Gasteiger partial charge in [0.15, 0.2) is 0 Å². The third kappa shape index (κ3) is 4.32. The van der Waals surface area contributed by atoms with E-state index in [1.54, 1.807) is 0 Å². The third-order valence-electron chi connectivity index (χ3n) is 4.07. The van der Waals surface area contributed by atoms with Gasteiger partial charge in [-0.3, -0.25) is 9.69 Å². The Morgan fingerprint density at radius 3 is 2.40 bits per heavy atom. The summed E-state index contributed by atoms with van der Waals surface area (Å²) < 4.78 is 0. The number of nitrogens with zero attached hydrogens (tertiary/aromatic N) is 1. The molecule has 0 heterocycles. The second kappa shape index (κ2) is 6.86. The lowest BCUT2D eigenvalue weighted by molar-refractivity contribution is -0.114. The predicted molar refractivity (Wildman–Crippen MR) is 82.4 cm³/mol. The first-order chi connectivity index (χ1) is 9.54. The molecule has 1 aromatic carbocycles. The van der Waals surface area contributed by atoms with Gasteiger partial charge in [0.05, 0.1) is 0 Å². The van der Waals surface area contributed by atoms with Crippen LogP contribution < -0.4 is 11.1 Å². The minimum Gasteiger partial charge on any atom is -0.328 e. The van der Waals surface area contributed by atoms with Crippen molar-refractivity contribution in [1.29, 1.82) is 0 Å². The Morgan fingerprint density at radius 2 is 1.85 bits per heavy atom. The smallest absolute Gasteiger partial charge is 0.221 e. The monoisotopic (exact) mass is 275 g/mol. The van der Waals surface area contributed by atoms with Gasteiger partial charge in [-0.1, -0.05) is 12.1 Å². The van der Waals surface area contributed by atoms with Crippen LogP contribution in [0.3, 0.4) is 0 Å². The van der Waals surface area contributed by atoms with Crippen LogP contribution in [0.5, 0.6) is 0 Å². The number of rotatable bonds is 4. The Hall–Kier alpha value is -1.39. The Bertz CT molecular complexity index is 436. The molecule has 0 unspecified atom stereocenters. The second-order valence-electron chi connectivity index (χ2n) is 5.86. The van der Waals surface area contributed by atoms with Crippen LogP contribution in [0.2, 0.25) is 0 Å². The third-order valence-corrected chi connectivity index (χ3v) is 4.07. The first-order valence-corrected chi connectivity index (χ1v) is 7.37. The summed E-state index contributed by atoms with van der Waals surface area (Å²) in [6.45, 7) is 2.47. The lowest BCUT2D eigenvalue weighted by Gasteiger charge is -2.33. The van der Waals surface area contributed by atoms with Crippen molar-refractivity contribution in [2.75, 3.05) is 12.4 Å². The summed E-state index contributed by atoms with van der Waals surface area (Å²) in [6, 6.07) is 9.12. The summed E-state index contributed by atoms with van der Waals surface area (Å²) in [4.78, 5) is 13.4. The highest BCUT2D eigenvalue weighted by atomic mass is 16.1. The zero-order chi connectivity index (χ0) is 14.5. The maximum absolute atomic E-state index is 11.0. The molecule has 1 fully saturated rings. The van der Waals surface area contributed by atoms with Crippen LogP contribution in [0, 0.1) is 0 Å². The van der Waals surface area contributed by atoms with Gasteiger partial charge in [-0.15, -0.1) is 0 Å². The number of nitrogens with two attached hydrogens (primary N) is 1. The summed E-state index contributed by atoms with van der Waals surface area (Å²) in [5, 5.41) is 2.79. The minimum absolute atomic E-state index is 0.0339. The zero-order valence-electron chi connectivity index (χ0n) is 12.4. The van der Waals surface area contributed by atoms with E-state index in [0.29, 0.717) is 12.1 Å². The number of hydrogen-bond acceptors (Lipinski definition) is 3. The SMILES string of the molecule is CC(=O)Nc1ccc(CN(C)C2CCC(N)CC2)cc1. The molecule has 4 nitrogen and oxygen atoms in total. The van der Waals surface area contributed by atoms with E-state index >= 15 is 0 Å². The van der Waals surface area contributed by atoms with Gasteiger partial charge in [0.1, 0.15) is 0 Å². The molecule has 0 aliphatic heterocycles. The van der Waals surface area contributed by atoms with E-state index in [-0.39, 0.29) is 5.91 Å². The number of amides is 1. The molecule has 4 heteroatoms. The Labute approximate surface area is 121 Å². The molecular weight excluding hydrogens is 250 g/mol. The summed E-state index contributed by atoms with van der Waals surface area (Å²) in [5.74, 6) is -0.0339. The molecule has 1 saturated carbocycles. The minimum atomic E-state index is -0.0339. The van der Waals surface area contributed by atoms with Gasteiger partial charge >= 0.3 is 0 Å².